The average Bonchev–Trinajstić information content (AvgIpc) is 3.33. The summed E-state index contributed by atoms with van der Waals surface area (Å²) in [6.07, 6.45) is 4.70. The second kappa shape index (κ2) is 9.19. The van der Waals surface area contributed by atoms with Gasteiger partial charge in [-0.3, -0.25) is 4.79 Å². The maximum atomic E-state index is 12.8. The molecule has 0 unspecified atom stereocenters. The molecule has 154 valence electrons. The molecule has 1 saturated heterocycles. The maximum Gasteiger partial charge on any atom is 0.267 e. The Hall–Kier alpha value is -2.41. The molecule has 0 radical (unpaired) electrons. The van der Waals surface area contributed by atoms with Crippen molar-refractivity contribution in [2.24, 2.45) is 0 Å². The molecule has 0 saturated carbocycles. The predicted molar refractivity (Wildman–Crippen MR) is 110 cm³/mol. The van der Waals surface area contributed by atoms with E-state index in [9.17, 15) is 4.79 Å². The van der Waals surface area contributed by atoms with E-state index in [0.29, 0.717) is 22.9 Å². The van der Waals surface area contributed by atoms with Crippen molar-refractivity contribution in [3.63, 3.8) is 0 Å². The third kappa shape index (κ3) is 4.19. The fourth-order valence-electron chi connectivity index (χ4n) is 3.87. The molecule has 2 aromatic rings. The van der Waals surface area contributed by atoms with Crippen molar-refractivity contribution in [2.75, 3.05) is 41.0 Å². The van der Waals surface area contributed by atoms with Crippen molar-refractivity contribution in [1.29, 1.82) is 0 Å². The van der Waals surface area contributed by atoms with Gasteiger partial charge in [0.25, 0.3) is 5.91 Å². The van der Waals surface area contributed by atoms with Gasteiger partial charge in [-0.25, -0.2) is 0 Å². The van der Waals surface area contributed by atoms with Gasteiger partial charge in [0.05, 0.1) is 26.8 Å². The number of aromatic amines is 1. The first-order chi connectivity index (χ1) is 13.6. The summed E-state index contributed by atoms with van der Waals surface area (Å²) < 4.78 is 16.3. The number of nitrogens with one attached hydrogen (secondary N) is 2. The summed E-state index contributed by atoms with van der Waals surface area (Å²) >= 11 is 0. The van der Waals surface area contributed by atoms with Crippen LogP contribution in [0.3, 0.4) is 0 Å². The molecule has 2 N–H and O–H groups in total. The van der Waals surface area contributed by atoms with Crippen molar-refractivity contribution in [3.8, 4) is 17.2 Å². The highest BCUT2D eigenvalue weighted by Gasteiger charge is 2.25. The van der Waals surface area contributed by atoms with Crippen LogP contribution >= 0.6 is 0 Å². The van der Waals surface area contributed by atoms with Crippen LogP contribution in [0, 0.1) is 0 Å². The molecule has 1 aliphatic heterocycles. The van der Waals surface area contributed by atoms with E-state index in [0.717, 1.165) is 37.0 Å². The molecule has 1 atom stereocenters. The number of methoxy groups -OCH3 is 3. The normalized spacial score (nSPS) is 17.1. The quantitative estimate of drug-likeness (QED) is 0.644. The maximum absolute atomic E-state index is 12.8. The van der Waals surface area contributed by atoms with Gasteiger partial charge in [0.2, 0.25) is 5.75 Å². The Morgan fingerprint density at radius 2 is 1.96 bits per heavy atom. The number of nitrogens with zero attached hydrogens (tertiary/aromatic N) is 1. The number of H-pyrrole nitrogens is 1. The van der Waals surface area contributed by atoms with Gasteiger partial charge in [0.15, 0.2) is 11.5 Å². The van der Waals surface area contributed by atoms with E-state index >= 15 is 0 Å². The zero-order valence-electron chi connectivity index (χ0n) is 17.3. The van der Waals surface area contributed by atoms with Crippen LogP contribution < -0.4 is 19.5 Å². The molecule has 1 aromatic heterocycles. The highest BCUT2D eigenvalue weighted by Crippen LogP contribution is 2.43. The molecule has 0 spiro atoms. The summed E-state index contributed by atoms with van der Waals surface area (Å²) in [5.41, 5.74) is 1.23. The second-order valence-corrected chi connectivity index (χ2v) is 7.26. The number of carbonyl (C=O) groups is 1. The molecule has 28 heavy (non-hydrogen) atoms. The summed E-state index contributed by atoms with van der Waals surface area (Å²) in [5.74, 6) is 1.50. The summed E-state index contributed by atoms with van der Waals surface area (Å²) in [6.45, 7) is 5.29. The number of fused-ring (bicyclic) bond motifs is 1. The molecule has 7 nitrogen and oxygen atoms in total. The molecular weight excluding hydrogens is 358 g/mol. The molecule has 1 fully saturated rings. The first-order valence-electron chi connectivity index (χ1n) is 9.96. The van der Waals surface area contributed by atoms with E-state index in [-0.39, 0.29) is 11.9 Å². The number of benzene rings is 1. The van der Waals surface area contributed by atoms with Gasteiger partial charge < -0.3 is 29.4 Å². The number of ether oxygens (including phenoxy) is 3. The number of carbonyl (C=O) groups excluding carboxylic acids is 1. The molecule has 7 heteroatoms. The van der Waals surface area contributed by atoms with Crippen molar-refractivity contribution in [1.82, 2.24) is 15.2 Å². The summed E-state index contributed by atoms with van der Waals surface area (Å²) in [6, 6.07) is 3.85. The van der Waals surface area contributed by atoms with Crippen LogP contribution in [0.15, 0.2) is 12.1 Å². The minimum absolute atomic E-state index is 0.100. The topological polar surface area (TPSA) is 75.8 Å². The second-order valence-electron chi connectivity index (χ2n) is 7.26. The Labute approximate surface area is 166 Å². The highest BCUT2D eigenvalue weighted by molar-refractivity contribution is 6.01. The molecule has 1 amide bonds. The molecule has 1 aliphatic rings. The number of aromatic nitrogens is 1. The molecule has 1 aromatic carbocycles. The summed E-state index contributed by atoms with van der Waals surface area (Å²) in [4.78, 5) is 18.4. The number of hydrogen-bond donors (Lipinski definition) is 2. The van der Waals surface area contributed by atoms with E-state index in [2.05, 4.69) is 22.1 Å². The van der Waals surface area contributed by atoms with Crippen molar-refractivity contribution < 1.29 is 19.0 Å². The first-order valence-corrected chi connectivity index (χ1v) is 9.96. The van der Waals surface area contributed by atoms with Gasteiger partial charge in [-0.15, -0.1) is 0 Å². The number of likely N-dealkylation sites (tertiary alicyclic amines) is 1. The third-order valence-corrected chi connectivity index (χ3v) is 5.35. The smallest absolute Gasteiger partial charge is 0.267 e. The average molecular weight is 389 g/mol. The van der Waals surface area contributed by atoms with Gasteiger partial charge >= 0.3 is 0 Å². The fraction of sp³-hybridized carbons (Fsp3) is 0.571. The Bertz CT molecular complexity index is 818. The van der Waals surface area contributed by atoms with E-state index in [1.165, 1.54) is 19.3 Å². The highest BCUT2D eigenvalue weighted by atomic mass is 16.5. The lowest BCUT2D eigenvalue weighted by atomic mass is 10.2. The first kappa shape index (κ1) is 20.3. The molecule has 0 bridgehead atoms. The van der Waals surface area contributed by atoms with Crippen molar-refractivity contribution in [2.45, 2.75) is 38.6 Å². The Kier molecular flexibility index (Phi) is 6.67. The van der Waals surface area contributed by atoms with Gasteiger partial charge in [-0.05, 0) is 31.5 Å². The monoisotopic (exact) mass is 389 g/mol. The van der Waals surface area contributed by atoms with E-state index in [1.807, 2.05) is 12.1 Å². The van der Waals surface area contributed by atoms with E-state index < -0.39 is 0 Å². The van der Waals surface area contributed by atoms with E-state index in [4.69, 9.17) is 14.2 Å². The van der Waals surface area contributed by atoms with Crippen molar-refractivity contribution >= 4 is 16.8 Å². The van der Waals surface area contributed by atoms with Crippen LogP contribution in [0.1, 0.15) is 43.1 Å². The Morgan fingerprint density at radius 3 is 2.64 bits per heavy atom. The van der Waals surface area contributed by atoms with Gasteiger partial charge in [0, 0.05) is 24.5 Å². The Morgan fingerprint density at radius 1 is 1.18 bits per heavy atom. The fourth-order valence-corrected chi connectivity index (χ4v) is 3.87. The SMILES string of the molecule is CCCCCN1CC[C@H](NC(=O)c2cc3cc(OC)c(OC)c(OC)c3[nH]2)C1. The number of amides is 1. The van der Waals surface area contributed by atoms with Gasteiger partial charge in [-0.1, -0.05) is 19.8 Å². The van der Waals surface area contributed by atoms with Crippen LogP contribution in [-0.4, -0.2) is 62.8 Å². The van der Waals surface area contributed by atoms with Crippen LogP contribution in [0.4, 0.5) is 0 Å². The molecule has 3 rings (SSSR count). The van der Waals surface area contributed by atoms with Gasteiger partial charge in [0.1, 0.15) is 5.69 Å². The molecule has 0 aliphatic carbocycles. The van der Waals surface area contributed by atoms with E-state index in [1.54, 1.807) is 21.3 Å². The standard InChI is InChI=1S/C21H31N3O4/c1-5-6-7-9-24-10-8-15(13-24)22-21(25)16-11-14-12-17(26-2)19(27-3)20(28-4)18(14)23-16/h11-12,15,23H,5-10,13H2,1-4H3,(H,22,25)/t15-/m0/s1. The lowest BCUT2D eigenvalue weighted by molar-refractivity contribution is 0.0933. The Balaban J connectivity index is 1.72. The molecular formula is C21H31N3O4. The lowest BCUT2D eigenvalue weighted by Crippen LogP contribution is -2.37. The number of rotatable bonds is 9. The summed E-state index contributed by atoms with van der Waals surface area (Å²) in [7, 11) is 4.72. The number of hydrogen-bond acceptors (Lipinski definition) is 5. The number of unbranched alkanes of at least 4 members (excludes halogenated alkanes) is 2. The van der Waals surface area contributed by atoms with Gasteiger partial charge in [-0.2, -0.15) is 0 Å². The largest absolute Gasteiger partial charge is 0.493 e. The minimum atomic E-state index is -0.100. The summed E-state index contributed by atoms with van der Waals surface area (Å²) in [5, 5.41) is 4.00. The van der Waals surface area contributed by atoms with Crippen LogP contribution in [0.2, 0.25) is 0 Å². The van der Waals surface area contributed by atoms with Crippen LogP contribution in [0.25, 0.3) is 10.9 Å². The lowest BCUT2D eigenvalue weighted by Gasteiger charge is -2.16. The predicted octanol–water partition coefficient (Wildman–Crippen LogP) is 3.19. The van der Waals surface area contributed by atoms with Crippen LogP contribution in [-0.2, 0) is 0 Å². The zero-order chi connectivity index (χ0) is 20.1. The molecule has 2 heterocycles. The minimum Gasteiger partial charge on any atom is -0.493 e. The zero-order valence-corrected chi connectivity index (χ0v) is 17.3. The van der Waals surface area contributed by atoms with Crippen molar-refractivity contribution in [3.05, 3.63) is 17.8 Å². The van der Waals surface area contributed by atoms with Crippen LogP contribution in [0.5, 0.6) is 17.2 Å². The third-order valence-electron chi connectivity index (χ3n) is 5.35.